The van der Waals surface area contributed by atoms with Gasteiger partial charge in [0.1, 0.15) is 30.5 Å². The fourth-order valence-electron chi connectivity index (χ4n) is 5.13. The van der Waals surface area contributed by atoms with E-state index < -0.39 is 17.7 Å². The van der Waals surface area contributed by atoms with E-state index in [0.29, 0.717) is 64.6 Å². The molecule has 6 rings (SSSR count). The molecule has 3 aromatic carbocycles. The summed E-state index contributed by atoms with van der Waals surface area (Å²) >= 11 is 1.27. The standard InChI is InChI=1S/C32H30N2O7S/c1-3-4-5-13-39-22-8-6-7-19(16-22)28-27(29(35)20-9-12-24-25(17-20)41-15-14-40-24)30(36)31(37)34(28)32-33-23-11-10-21(38-2)18-26(23)42-32/h6-12,16-18,28,35H,3-5,13-15H2,1-2H3/b29-27+. The Labute approximate surface area is 246 Å². The van der Waals surface area contributed by atoms with Gasteiger partial charge in [-0.25, -0.2) is 4.98 Å². The Kier molecular flexibility index (Phi) is 7.71. The molecule has 2 aliphatic heterocycles. The third-order valence-electron chi connectivity index (χ3n) is 7.24. The second kappa shape index (κ2) is 11.7. The molecule has 216 valence electrons. The van der Waals surface area contributed by atoms with Gasteiger partial charge in [-0.05, 0) is 60.5 Å². The zero-order chi connectivity index (χ0) is 29.2. The molecule has 3 heterocycles. The molecule has 42 heavy (non-hydrogen) atoms. The predicted octanol–water partition coefficient (Wildman–Crippen LogP) is 6.27. The number of aromatic nitrogens is 1. The fourth-order valence-corrected chi connectivity index (χ4v) is 6.15. The van der Waals surface area contributed by atoms with Gasteiger partial charge in [-0.15, -0.1) is 0 Å². The van der Waals surface area contributed by atoms with Crippen LogP contribution in [0, 0.1) is 0 Å². The number of anilines is 1. The molecule has 1 aromatic heterocycles. The third-order valence-corrected chi connectivity index (χ3v) is 8.26. The Morgan fingerprint density at radius 1 is 1.02 bits per heavy atom. The predicted molar refractivity (Wildman–Crippen MR) is 160 cm³/mol. The zero-order valence-electron chi connectivity index (χ0n) is 23.3. The van der Waals surface area contributed by atoms with Crippen molar-refractivity contribution in [2.75, 3.05) is 31.8 Å². The van der Waals surface area contributed by atoms with Gasteiger partial charge < -0.3 is 24.1 Å². The van der Waals surface area contributed by atoms with Crippen LogP contribution in [0.5, 0.6) is 23.0 Å². The number of methoxy groups -OCH3 is 1. The largest absolute Gasteiger partial charge is 0.507 e. The Balaban J connectivity index is 1.47. The van der Waals surface area contributed by atoms with E-state index in [1.807, 2.05) is 30.3 Å². The first-order valence-electron chi connectivity index (χ1n) is 13.9. The van der Waals surface area contributed by atoms with Crippen molar-refractivity contribution in [1.29, 1.82) is 0 Å². The summed E-state index contributed by atoms with van der Waals surface area (Å²) in [6.45, 7) is 3.47. The molecule has 10 heteroatoms. The number of aliphatic hydroxyl groups is 1. The van der Waals surface area contributed by atoms with Crippen LogP contribution in [0.1, 0.15) is 43.4 Å². The normalized spacial score (nSPS) is 17.6. The number of aliphatic hydroxyl groups excluding tert-OH is 1. The Morgan fingerprint density at radius 3 is 2.67 bits per heavy atom. The van der Waals surface area contributed by atoms with Crippen LogP contribution >= 0.6 is 11.3 Å². The van der Waals surface area contributed by atoms with Crippen molar-refractivity contribution in [1.82, 2.24) is 4.98 Å². The van der Waals surface area contributed by atoms with Gasteiger partial charge in [-0.3, -0.25) is 14.5 Å². The summed E-state index contributed by atoms with van der Waals surface area (Å²) in [4.78, 5) is 33.4. The average Bonchev–Trinajstić information content (AvgIpc) is 3.56. The van der Waals surface area contributed by atoms with E-state index in [2.05, 4.69) is 6.92 Å². The summed E-state index contributed by atoms with van der Waals surface area (Å²) in [7, 11) is 1.58. The molecule has 1 saturated heterocycles. The van der Waals surface area contributed by atoms with E-state index in [0.717, 1.165) is 24.0 Å². The molecule has 1 unspecified atom stereocenters. The highest BCUT2D eigenvalue weighted by molar-refractivity contribution is 7.22. The molecule has 0 radical (unpaired) electrons. The molecule has 9 nitrogen and oxygen atoms in total. The molecule has 0 bridgehead atoms. The molecule has 2 aliphatic rings. The van der Waals surface area contributed by atoms with Crippen LogP contribution in [-0.2, 0) is 9.59 Å². The SMILES string of the molecule is CCCCCOc1cccc(C2/C(=C(\O)c3ccc4c(c3)OCCO4)C(=O)C(=O)N2c2nc3ccc(OC)cc3s2)c1. The first-order valence-corrected chi connectivity index (χ1v) is 14.7. The number of unbranched alkanes of at least 4 members (excludes halogenated alkanes) is 2. The van der Waals surface area contributed by atoms with Crippen LogP contribution < -0.4 is 23.8 Å². The highest BCUT2D eigenvalue weighted by Gasteiger charge is 2.48. The van der Waals surface area contributed by atoms with Gasteiger partial charge in [0.25, 0.3) is 5.78 Å². The van der Waals surface area contributed by atoms with Crippen molar-refractivity contribution < 1.29 is 33.6 Å². The molecule has 0 aliphatic carbocycles. The molecular weight excluding hydrogens is 556 g/mol. The number of nitrogens with zero attached hydrogens (tertiary/aromatic N) is 2. The van der Waals surface area contributed by atoms with Gasteiger partial charge in [0, 0.05) is 5.56 Å². The zero-order valence-corrected chi connectivity index (χ0v) is 24.1. The topological polar surface area (TPSA) is 107 Å². The number of Topliss-reactive ketones (excluding diaryl/α,β-unsaturated/α-hetero) is 1. The van der Waals surface area contributed by atoms with Crippen molar-refractivity contribution >= 4 is 44.1 Å². The molecule has 0 saturated carbocycles. The number of ether oxygens (including phenoxy) is 4. The number of thiazole rings is 1. The number of amides is 1. The number of benzene rings is 3. The summed E-state index contributed by atoms with van der Waals surface area (Å²) in [6.07, 6.45) is 3.04. The quantitative estimate of drug-likeness (QED) is 0.106. The van der Waals surface area contributed by atoms with Gasteiger partial charge in [-0.2, -0.15) is 0 Å². The highest BCUT2D eigenvalue weighted by atomic mass is 32.1. The molecular formula is C32H30N2O7S. The minimum absolute atomic E-state index is 0.0448. The van der Waals surface area contributed by atoms with E-state index >= 15 is 0 Å². The Morgan fingerprint density at radius 2 is 1.86 bits per heavy atom. The molecule has 0 spiro atoms. The van der Waals surface area contributed by atoms with Crippen molar-refractivity contribution in [3.8, 4) is 23.0 Å². The number of fused-ring (bicyclic) bond motifs is 2. The minimum atomic E-state index is -0.945. The van der Waals surface area contributed by atoms with E-state index in [4.69, 9.17) is 23.9 Å². The lowest BCUT2D eigenvalue weighted by atomic mass is 9.95. The van der Waals surface area contributed by atoms with Crippen LogP contribution in [0.3, 0.4) is 0 Å². The Hall–Kier alpha value is -4.57. The summed E-state index contributed by atoms with van der Waals surface area (Å²) in [6, 6.07) is 16.7. The van der Waals surface area contributed by atoms with Gasteiger partial charge >= 0.3 is 5.91 Å². The monoisotopic (exact) mass is 586 g/mol. The van der Waals surface area contributed by atoms with Crippen LogP contribution in [0.25, 0.3) is 16.0 Å². The van der Waals surface area contributed by atoms with E-state index in [1.54, 1.807) is 37.4 Å². The number of carbonyl (C=O) groups excluding carboxylic acids is 2. The molecule has 4 aromatic rings. The van der Waals surface area contributed by atoms with Crippen molar-refractivity contribution in [3.05, 3.63) is 77.4 Å². The highest BCUT2D eigenvalue weighted by Crippen LogP contribution is 2.46. The maximum Gasteiger partial charge on any atom is 0.301 e. The van der Waals surface area contributed by atoms with Crippen LogP contribution in [-0.4, -0.2) is 48.7 Å². The summed E-state index contributed by atoms with van der Waals surface area (Å²) in [5.74, 6) is 0.379. The van der Waals surface area contributed by atoms with Gasteiger partial charge in [0.15, 0.2) is 16.6 Å². The number of ketones is 1. The van der Waals surface area contributed by atoms with E-state index in [-0.39, 0.29) is 11.3 Å². The molecule has 1 amide bonds. The number of hydrogen-bond acceptors (Lipinski definition) is 9. The number of rotatable bonds is 9. The van der Waals surface area contributed by atoms with Crippen molar-refractivity contribution in [3.63, 3.8) is 0 Å². The van der Waals surface area contributed by atoms with Gasteiger partial charge in [0.05, 0.1) is 35.5 Å². The van der Waals surface area contributed by atoms with Crippen molar-refractivity contribution in [2.24, 2.45) is 0 Å². The average molecular weight is 587 g/mol. The lowest BCUT2D eigenvalue weighted by Gasteiger charge is -2.24. The first kappa shape index (κ1) is 27.6. The fraction of sp³-hybridized carbons (Fsp3) is 0.281. The van der Waals surface area contributed by atoms with Crippen LogP contribution in [0.4, 0.5) is 5.13 Å². The minimum Gasteiger partial charge on any atom is -0.507 e. The van der Waals surface area contributed by atoms with Crippen molar-refractivity contribution in [2.45, 2.75) is 32.2 Å². The lowest BCUT2D eigenvalue weighted by Crippen LogP contribution is -2.29. The number of carbonyl (C=O) groups is 2. The maximum absolute atomic E-state index is 13.7. The van der Waals surface area contributed by atoms with Gasteiger partial charge in [-0.1, -0.05) is 43.2 Å². The Bertz CT molecular complexity index is 1700. The second-order valence-electron chi connectivity index (χ2n) is 9.99. The lowest BCUT2D eigenvalue weighted by molar-refractivity contribution is -0.132. The molecule has 1 fully saturated rings. The molecule has 1 atom stereocenters. The van der Waals surface area contributed by atoms with E-state index in [9.17, 15) is 14.7 Å². The summed E-state index contributed by atoms with van der Waals surface area (Å²) in [5, 5.41) is 11.9. The third kappa shape index (κ3) is 5.14. The van der Waals surface area contributed by atoms with E-state index in [1.165, 1.54) is 16.2 Å². The summed E-state index contributed by atoms with van der Waals surface area (Å²) < 4.78 is 23.5. The second-order valence-corrected chi connectivity index (χ2v) is 11.0. The maximum atomic E-state index is 13.7. The number of hydrogen-bond donors (Lipinski definition) is 1. The van der Waals surface area contributed by atoms with Crippen LogP contribution in [0.2, 0.25) is 0 Å². The first-order chi connectivity index (χ1) is 20.5. The summed E-state index contributed by atoms with van der Waals surface area (Å²) in [5.41, 5.74) is 1.56. The smallest absolute Gasteiger partial charge is 0.301 e. The van der Waals surface area contributed by atoms with Crippen LogP contribution in [0.15, 0.2) is 66.2 Å². The molecule has 1 N–H and O–H groups in total. The van der Waals surface area contributed by atoms with Gasteiger partial charge in [0.2, 0.25) is 0 Å².